The number of hydrogen-bond acceptors (Lipinski definition) is 6. The Kier molecular flexibility index (Phi) is 5.43. The van der Waals surface area contributed by atoms with Crippen molar-refractivity contribution < 1.29 is 0 Å². The molecular weight excluding hydrogens is 488 g/mol. The van der Waals surface area contributed by atoms with Crippen LogP contribution in [0.3, 0.4) is 0 Å². The fourth-order valence-corrected chi connectivity index (χ4v) is 5.42. The van der Waals surface area contributed by atoms with E-state index < -0.39 is 0 Å². The maximum atomic E-state index is 11.8. The Labute approximate surface area is 224 Å². The Balaban J connectivity index is 1.46. The van der Waals surface area contributed by atoms with Crippen molar-refractivity contribution in [2.45, 2.75) is 33.1 Å². The van der Waals surface area contributed by atoms with Crippen molar-refractivity contribution in [2.24, 2.45) is 5.92 Å². The molecule has 9 nitrogen and oxygen atoms in total. The van der Waals surface area contributed by atoms with E-state index in [9.17, 15) is 4.79 Å². The van der Waals surface area contributed by atoms with Crippen molar-refractivity contribution in [2.75, 3.05) is 0 Å². The molecule has 3 aromatic heterocycles. The van der Waals surface area contributed by atoms with Gasteiger partial charge in [0.2, 0.25) is 5.82 Å². The number of aromatic amines is 2. The van der Waals surface area contributed by atoms with Crippen molar-refractivity contribution in [1.29, 1.82) is 0 Å². The molecule has 0 spiro atoms. The summed E-state index contributed by atoms with van der Waals surface area (Å²) in [6, 6.07) is 22.3. The van der Waals surface area contributed by atoms with Gasteiger partial charge in [-0.25, -0.2) is 10.1 Å². The van der Waals surface area contributed by atoms with E-state index in [0.29, 0.717) is 11.7 Å². The Morgan fingerprint density at radius 2 is 1.67 bits per heavy atom. The third kappa shape index (κ3) is 4.03. The van der Waals surface area contributed by atoms with Crippen molar-refractivity contribution in [3.8, 4) is 39.5 Å². The Morgan fingerprint density at radius 3 is 2.41 bits per heavy atom. The average Bonchev–Trinajstić information content (AvgIpc) is 3.44. The van der Waals surface area contributed by atoms with E-state index in [4.69, 9.17) is 4.98 Å². The summed E-state index contributed by atoms with van der Waals surface area (Å²) >= 11 is 0. The number of H-pyrrole nitrogens is 2. The quantitative estimate of drug-likeness (QED) is 0.316. The molecule has 0 saturated heterocycles. The fourth-order valence-electron chi connectivity index (χ4n) is 5.42. The van der Waals surface area contributed by atoms with Gasteiger partial charge in [0.05, 0.1) is 22.4 Å². The molecule has 1 fully saturated rings. The minimum absolute atomic E-state index is 0.205. The van der Waals surface area contributed by atoms with Gasteiger partial charge >= 0.3 is 0 Å². The first-order valence-corrected chi connectivity index (χ1v) is 13.1. The summed E-state index contributed by atoms with van der Waals surface area (Å²) in [4.78, 5) is 17.0. The average molecular weight is 515 g/mol. The summed E-state index contributed by atoms with van der Waals surface area (Å²) in [6.45, 7) is 4.00. The summed E-state index contributed by atoms with van der Waals surface area (Å²) in [5, 5.41) is 21.8. The lowest BCUT2D eigenvalue weighted by molar-refractivity contribution is 0.759. The van der Waals surface area contributed by atoms with E-state index in [1.807, 2.05) is 25.1 Å². The summed E-state index contributed by atoms with van der Waals surface area (Å²) in [5.41, 5.74) is 9.43. The molecule has 39 heavy (non-hydrogen) atoms. The second-order valence-electron chi connectivity index (χ2n) is 10.2. The van der Waals surface area contributed by atoms with Gasteiger partial charge in [0.15, 0.2) is 0 Å². The Hall–Kier alpha value is -4.92. The molecular formula is C30H26N8O. The summed E-state index contributed by atoms with van der Waals surface area (Å²) in [7, 11) is 0. The first kappa shape index (κ1) is 23.2. The number of aryl methyl sites for hydroxylation is 2. The smallest absolute Gasteiger partial charge is 0.264 e. The van der Waals surface area contributed by atoms with Crippen molar-refractivity contribution >= 4 is 11.0 Å². The lowest BCUT2D eigenvalue weighted by Crippen LogP contribution is -2.08. The molecule has 6 aromatic rings. The summed E-state index contributed by atoms with van der Waals surface area (Å²) < 4.78 is 2.31. The second-order valence-corrected chi connectivity index (χ2v) is 10.2. The highest BCUT2D eigenvalue weighted by Gasteiger charge is 2.27. The largest absolute Gasteiger partial charge is 0.296 e. The maximum absolute atomic E-state index is 11.8. The maximum Gasteiger partial charge on any atom is 0.264 e. The van der Waals surface area contributed by atoms with Gasteiger partial charge in [-0.15, -0.1) is 10.2 Å². The monoisotopic (exact) mass is 514 g/mol. The summed E-state index contributed by atoms with van der Waals surface area (Å²) in [5.74, 6) is 2.25. The van der Waals surface area contributed by atoms with Crippen LogP contribution in [0.5, 0.6) is 0 Å². The first-order valence-electron chi connectivity index (χ1n) is 13.1. The molecule has 0 bridgehead atoms. The van der Waals surface area contributed by atoms with Crippen LogP contribution >= 0.6 is 0 Å². The number of nitrogens with one attached hydrogen (secondary N) is 2. The zero-order chi connectivity index (χ0) is 26.5. The van der Waals surface area contributed by atoms with E-state index in [2.05, 4.69) is 84.8 Å². The topological polar surface area (TPSA) is 118 Å². The third-order valence-electron chi connectivity index (χ3n) is 7.52. The van der Waals surface area contributed by atoms with Crippen LogP contribution in [0.4, 0.5) is 0 Å². The van der Waals surface area contributed by atoms with E-state index >= 15 is 0 Å². The summed E-state index contributed by atoms with van der Waals surface area (Å²) in [6.07, 6.45) is 3.38. The van der Waals surface area contributed by atoms with Gasteiger partial charge in [-0.05, 0) is 66.6 Å². The fraction of sp³-hybridized carbons (Fsp3) is 0.200. The van der Waals surface area contributed by atoms with Crippen LogP contribution in [0.25, 0.3) is 50.5 Å². The van der Waals surface area contributed by atoms with Gasteiger partial charge < -0.3 is 0 Å². The zero-order valence-corrected chi connectivity index (χ0v) is 21.6. The normalized spacial score (nSPS) is 13.3. The number of imidazole rings is 1. The molecule has 1 aliphatic rings. The van der Waals surface area contributed by atoms with Gasteiger partial charge in [0.1, 0.15) is 5.82 Å². The first-order chi connectivity index (χ1) is 19.1. The van der Waals surface area contributed by atoms with Crippen LogP contribution in [0, 0.1) is 19.8 Å². The van der Waals surface area contributed by atoms with Crippen LogP contribution in [-0.4, -0.2) is 40.4 Å². The molecule has 1 saturated carbocycles. The predicted octanol–water partition coefficient (Wildman–Crippen LogP) is 5.19. The predicted molar refractivity (Wildman–Crippen MR) is 149 cm³/mol. The van der Waals surface area contributed by atoms with Gasteiger partial charge in [-0.2, -0.15) is 10.3 Å². The number of rotatable bonds is 6. The van der Waals surface area contributed by atoms with Crippen LogP contribution < -0.4 is 5.56 Å². The second kappa shape index (κ2) is 9.13. The molecule has 0 unspecified atom stereocenters. The van der Waals surface area contributed by atoms with Crippen molar-refractivity contribution in [3.63, 3.8) is 0 Å². The van der Waals surface area contributed by atoms with E-state index in [0.717, 1.165) is 68.0 Å². The molecule has 3 aromatic carbocycles. The highest BCUT2D eigenvalue weighted by Crippen LogP contribution is 2.39. The van der Waals surface area contributed by atoms with Crippen molar-refractivity contribution in [3.05, 3.63) is 94.0 Å². The van der Waals surface area contributed by atoms with E-state index in [1.54, 1.807) is 6.07 Å². The van der Waals surface area contributed by atoms with Gasteiger partial charge in [0, 0.05) is 29.2 Å². The van der Waals surface area contributed by atoms with E-state index in [-0.39, 0.29) is 5.56 Å². The number of aromatic nitrogens is 8. The van der Waals surface area contributed by atoms with Crippen LogP contribution in [0.2, 0.25) is 0 Å². The molecule has 0 aliphatic heterocycles. The highest BCUT2D eigenvalue weighted by molar-refractivity contribution is 5.91. The Morgan fingerprint density at radius 1 is 0.897 bits per heavy atom. The molecule has 0 radical (unpaired) electrons. The zero-order valence-electron chi connectivity index (χ0n) is 21.6. The number of hydrogen-bond donors (Lipinski definition) is 2. The van der Waals surface area contributed by atoms with E-state index in [1.165, 1.54) is 12.8 Å². The van der Waals surface area contributed by atoms with Gasteiger partial charge in [-0.1, -0.05) is 48.5 Å². The Bertz CT molecular complexity index is 1900. The number of para-hydroxylation sites is 1. The van der Waals surface area contributed by atoms with Crippen LogP contribution in [0.15, 0.2) is 71.5 Å². The minimum Gasteiger partial charge on any atom is -0.296 e. The number of benzene rings is 3. The molecule has 0 amide bonds. The molecule has 2 N–H and O–H groups in total. The van der Waals surface area contributed by atoms with Gasteiger partial charge in [-0.3, -0.25) is 9.36 Å². The van der Waals surface area contributed by atoms with Gasteiger partial charge in [0.25, 0.3) is 5.56 Å². The lowest BCUT2D eigenvalue weighted by atomic mass is 9.97. The molecule has 9 heteroatoms. The number of fused-ring (bicyclic) bond motifs is 1. The van der Waals surface area contributed by atoms with Crippen LogP contribution in [0.1, 0.15) is 29.8 Å². The number of tetrazole rings is 1. The third-order valence-corrected chi connectivity index (χ3v) is 7.52. The SMILES string of the molecule is Cc1cc(=O)[nH]nc1-c1ccc2c(nc(CC3CC3)n2-c2ccccc2-c2ccccc2-c2nn[nH]n2)c1C. The minimum atomic E-state index is -0.205. The molecule has 192 valence electrons. The van der Waals surface area contributed by atoms with Crippen molar-refractivity contribution in [1.82, 2.24) is 40.4 Å². The standard InChI is InChI=1S/C30H26N8O/c1-17-15-27(39)32-33-28(17)20-13-14-25-29(18(20)2)31-26(16-19-11-12-19)38(25)24-10-6-5-8-22(24)21-7-3-4-9-23(21)30-34-36-37-35-30/h3-10,13-15,19H,11-12,16H2,1-2H3,(H,32,39)(H,34,35,36,37). The molecule has 0 atom stereocenters. The lowest BCUT2D eigenvalue weighted by Gasteiger charge is -2.16. The van der Waals surface area contributed by atoms with Crippen LogP contribution in [-0.2, 0) is 6.42 Å². The number of nitrogens with zero attached hydrogens (tertiary/aromatic N) is 6. The highest BCUT2D eigenvalue weighted by atomic mass is 16.1. The molecule has 7 rings (SSSR count). The molecule has 1 aliphatic carbocycles. The molecule has 3 heterocycles.